The summed E-state index contributed by atoms with van der Waals surface area (Å²) in [6.45, 7) is 13.3. The second-order valence-electron chi connectivity index (χ2n) is 5.06. The molecule has 0 fully saturated rings. The molecule has 0 aliphatic carbocycles. The van der Waals surface area contributed by atoms with E-state index in [1.165, 1.54) is 6.42 Å². The van der Waals surface area contributed by atoms with Crippen molar-refractivity contribution >= 4 is 12.2 Å². The molecule has 22 heavy (non-hydrogen) atoms. The van der Waals surface area contributed by atoms with Gasteiger partial charge in [-0.2, -0.15) is 0 Å². The van der Waals surface area contributed by atoms with Crippen molar-refractivity contribution in [1.82, 2.24) is 5.32 Å². The zero-order valence-electron chi connectivity index (χ0n) is 16.0. The minimum Gasteiger partial charge on any atom is -0.480 e. The van der Waals surface area contributed by atoms with Crippen molar-refractivity contribution in [3.8, 4) is 0 Å². The highest BCUT2D eigenvalue weighted by Crippen LogP contribution is 2.09. The number of carboxylic acids is 1. The van der Waals surface area contributed by atoms with Crippen molar-refractivity contribution in [2.24, 2.45) is 10.9 Å². The molecule has 0 aliphatic rings. The van der Waals surface area contributed by atoms with Crippen LogP contribution in [0.3, 0.4) is 0 Å². The minimum absolute atomic E-state index is 0.422. The molecule has 0 amide bonds. The van der Waals surface area contributed by atoms with E-state index in [1.54, 1.807) is 0 Å². The summed E-state index contributed by atoms with van der Waals surface area (Å²) in [6, 6.07) is -0.575. The number of aliphatic carboxylic acids is 1. The van der Waals surface area contributed by atoms with Gasteiger partial charge in [0.05, 0.1) is 0 Å². The van der Waals surface area contributed by atoms with Gasteiger partial charge in [-0.1, -0.05) is 54.4 Å². The summed E-state index contributed by atoms with van der Waals surface area (Å²) in [5.74, 6) is -0.394. The number of carbonyl (C=O) groups is 1. The molecule has 4 heteroatoms. The third kappa shape index (κ3) is 19.1. The molecular weight excluding hydrogens is 276 g/mol. The van der Waals surface area contributed by atoms with Gasteiger partial charge in [-0.25, -0.2) is 4.79 Å². The van der Waals surface area contributed by atoms with Crippen LogP contribution in [0.25, 0.3) is 0 Å². The molecule has 2 unspecified atom stereocenters. The Morgan fingerprint density at radius 3 is 2.09 bits per heavy atom. The zero-order valence-corrected chi connectivity index (χ0v) is 16.0. The van der Waals surface area contributed by atoms with Crippen LogP contribution >= 0.6 is 0 Å². The van der Waals surface area contributed by atoms with Crippen molar-refractivity contribution in [1.29, 1.82) is 0 Å². The highest BCUT2D eigenvalue weighted by atomic mass is 16.4. The third-order valence-corrected chi connectivity index (χ3v) is 2.85. The summed E-state index contributed by atoms with van der Waals surface area (Å²) in [6.07, 6.45) is 7.78. The summed E-state index contributed by atoms with van der Waals surface area (Å²) in [5.41, 5.74) is 0. The second kappa shape index (κ2) is 22.4. The summed E-state index contributed by atoms with van der Waals surface area (Å²) < 4.78 is 0. The Morgan fingerprint density at radius 1 is 1.18 bits per heavy atom. The molecule has 0 saturated carbocycles. The Labute approximate surface area is 138 Å². The van der Waals surface area contributed by atoms with Crippen LogP contribution in [-0.2, 0) is 4.79 Å². The van der Waals surface area contributed by atoms with Crippen LogP contribution in [0.2, 0.25) is 0 Å². The molecular formula is C18H40N2O2. The summed E-state index contributed by atoms with van der Waals surface area (Å²) in [4.78, 5) is 15.3. The molecule has 0 radical (unpaired) electrons. The predicted octanol–water partition coefficient (Wildman–Crippen LogP) is 4.78. The Kier molecular flexibility index (Phi) is 26.5. The number of hydrogen-bond donors (Lipinski definition) is 2. The smallest absolute Gasteiger partial charge is 0.328 e. The molecule has 0 bridgehead atoms. The molecule has 0 rings (SSSR count). The molecule has 0 aliphatic heterocycles. The zero-order chi connectivity index (χ0) is 17.8. The quantitative estimate of drug-likeness (QED) is 0.450. The first-order valence-electron chi connectivity index (χ1n) is 8.97. The molecule has 134 valence electrons. The molecule has 0 aromatic heterocycles. The molecule has 4 nitrogen and oxygen atoms in total. The first-order valence-corrected chi connectivity index (χ1v) is 8.97. The van der Waals surface area contributed by atoms with E-state index >= 15 is 0 Å². The summed E-state index contributed by atoms with van der Waals surface area (Å²) in [5, 5.41) is 12.1. The number of carboxylic acid groups (broad SMARTS) is 1. The first-order chi connectivity index (χ1) is 10.6. The van der Waals surface area contributed by atoms with Crippen LogP contribution in [0.1, 0.15) is 80.1 Å². The number of aliphatic imine (C=N–C) groups is 1. The largest absolute Gasteiger partial charge is 0.480 e. The average molecular weight is 317 g/mol. The van der Waals surface area contributed by atoms with Gasteiger partial charge in [0.1, 0.15) is 6.04 Å². The van der Waals surface area contributed by atoms with E-state index in [0.29, 0.717) is 12.3 Å². The molecule has 0 aromatic rings. The Morgan fingerprint density at radius 2 is 1.73 bits per heavy atom. The van der Waals surface area contributed by atoms with E-state index in [9.17, 15) is 4.79 Å². The van der Waals surface area contributed by atoms with E-state index in [4.69, 9.17) is 5.11 Å². The molecule has 2 atom stereocenters. The van der Waals surface area contributed by atoms with E-state index in [2.05, 4.69) is 38.0 Å². The van der Waals surface area contributed by atoms with Crippen LogP contribution in [0.15, 0.2) is 4.99 Å². The van der Waals surface area contributed by atoms with Crippen LogP contribution in [0.5, 0.6) is 0 Å². The number of nitrogens with zero attached hydrogens (tertiary/aromatic N) is 1. The van der Waals surface area contributed by atoms with Crippen LogP contribution in [0, 0.1) is 5.92 Å². The summed E-state index contributed by atoms with van der Waals surface area (Å²) in [7, 11) is 1.87. The fourth-order valence-corrected chi connectivity index (χ4v) is 1.71. The SMILES string of the molecule is CC.CCC.CCCC(C=NC(CCCNC)C(=O)O)CC. The highest BCUT2D eigenvalue weighted by molar-refractivity contribution is 5.76. The van der Waals surface area contributed by atoms with Gasteiger partial charge in [0, 0.05) is 6.21 Å². The lowest BCUT2D eigenvalue weighted by molar-refractivity contribution is -0.138. The van der Waals surface area contributed by atoms with Crippen molar-refractivity contribution in [3.63, 3.8) is 0 Å². The van der Waals surface area contributed by atoms with Gasteiger partial charge in [-0.05, 0) is 45.2 Å². The van der Waals surface area contributed by atoms with Crippen molar-refractivity contribution < 1.29 is 9.90 Å². The van der Waals surface area contributed by atoms with E-state index in [0.717, 1.165) is 32.2 Å². The van der Waals surface area contributed by atoms with Gasteiger partial charge >= 0.3 is 5.97 Å². The Bertz CT molecular complexity index is 243. The lowest BCUT2D eigenvalue weighted by atomic mass is 10.0. The maximum absolute atomic E-state index is 11.0. The van der Waals surface area contributed by atoms with Crippen LogP contribution in [-0.4, -0.2) is 36.9 Å². The maximum Gasteiger partial charge on any atom is 0.328 e. The highest BCUT2D eigenvalue weighted by Gasteiger charge is 2.15. The second-order valence-corrected chi connectivity index (χ2v) is 5.06. The van der Waals surface area contributed by atoms with Gasteiger partial charge in [-0.3, -0.25) is 4.99 Å². The number of hydrogen-bond acceptors (Lipinski definition) is 3. The first kappa shape index (κ1) is 26.0. The lowest BCUT2D eigenvalue weighted by Gasteiger charge is -2.10. The monoisotopic (exact) mass is 316 g/mol. The van der Waals surface area contributed by atoms with Crippen molar-refractivity contribution in [3.05, 3.63) is 0 Å². The van der Waals surface area contributed by atoms with Gasteiger partial charge in [0.2, 0.25) is 0 Å². The predicted molar refractivity (Wildman–Crippen MR) is 99.1 cm³/mol. The lowest BCUT2D eigenvalue weighted by Crippen LogP contribution is -2.21. The van der Waals surface area contributed by atoms with Crippen molar-refractivity contribution in [2.45, 2.75) is 86.1 Å². The molecule has 0 aromatic carbocycles. The van der Waals surface area contributed by atoms with E-state index < -0.39 is 12.0 Å². The van der Waals surface area contributed by atoms with Gasteiger partial charge in [0.15, 0.2) is 0 Å². The average Bonchev–Trinajstić information content (AvgIpc) is 2.51. The third-order valence-electron chi connectivity index (χ3n) is 2.85. The van der Waals surface area contributed by atoms with Crippen molar-refractivity contribution in [2.75, 3.05) is 13.6 Å². The van der Waals surface area contributed by atoms with Crippen LogP contribution in [0.4, 0.5) is 0 Å². The van der Waals surface area contributed by atoms with Gasteiger partial charge in [-0.15, -0.1) is 0 Å². The molecule has 2 N–H and O–H groups in total. The maximum atomic E-state index is 11.0. The Balaban J connectivity index is -0.000000637. The Hall–Kier alpha value is -0.900. The van der Waals surface area contributed by atoms with E-state index in [-0.39, 0.29) is 0 Å². The number of nitrogens with one attached hydrogen (secondary N) is 1. The number of rotatable bonds is 10. The molecule has 0 saturated heterocycles. The molecule has 0 spiro atoms. The van der Waals surface area contributed by atoms with Crippen LogP contribution < -0.4 is 5.32 Å². The van der Waals surface area contributed by atoms with Gasteiger partial charge < -0.3 is 10.4 Å². The van der Waals surface area contributed by atoms with E-state index in [1.807, 2.05) is 27.1 Å². The summed E-state index contributed by atoms with van der Waals surface area (Å²) >= 11 is 0. The normalized spacial score (nSPS) is 12.7. The standard InChI is InChI=1S/C13H26N2O2.C3H8.C2H6/c1-4-7-11(5-2)10-15-12(13(16)17)8-6-9-14-3;1-3-2;1-2/h10-12,14H,4-9H2,1-3H3,(H,16,17);3H2,1-2H3;1-2H3. The fourth-order valence-electron chi connectivity index (χ4n) is 1.71. The minimum atomic E-state index is -0.816. The fraction of sp³-hybridized carbons (Fsp3) is 0.889. The van der Waals surface area contributed by atoms with Gasteiger partial charge in [0.25, 0.3) is 0 Å². The topological polar surface area (TPSA) is 61.7 Å². The molecule has 0 heterocycles.